The Morgan fingerprint density at radius 3 is 1.93 bits per heavy atom. The molecule has 0 aromatic heterocycles. The second kappa shape index (κ2) is 8.60. The first-order valence-electron chi connectivity index (χ1n) is 11.9. The third kappa shape index (κ3) is 3.92. The molecule has 2 amide bonds. The SMILES string of the molecule is CC(C)C(C)(C)C(C)(C)C(=O)C1CCCN1C(=O)C1CCCN1C(=O)C1CCCN1. The number of rotatable bonds is 6. The van der Waals surface area contributed by atoms with Crippen LogP contribution in [0.1, 0.15) is 80.1 Å². The van der Waals surface area contributed by atoms with Crippen molar-refractivity contribution in [2.75, 3.05) is 19.6 Å². The van der Waals surface area contributed by atoms with E-state index < -0.39 is 11.5 Å². The van der Waals surface area contributed by atoms with Crippen LogP contribution in [0.15, 0.2) is 0 Å². The van der Waals surface area contributed by atoms with E-state index in [4.69, 9.17) is 0 Å². The summed E-state index contributed by atoms with van der Waals surface area (Å²) in [5.74, 6) is 0.559. The van der Waals surface area contributed by atoms with Crippen molar-refractivity contribution in [3.05, 3.63) is 0 Å². The number of nitrogens with one attached hydrogen (secondary N) is 1. The number of hydrogen-bond acceptors (Lipinski definition) is 4. The highest BCUT2D eigenvalue weighted by Gasteiger charge is 2.51. The molecule has 170 valence electrons. The fourth-order valence-electron chi connectivity index (χ4n) is 5.33. The minimum absolute atomic E-state index is 0.0205. The number of Topliss-reactive ketones (excluding diaryl/α,β-unsaturated/α-hetero) is 1. The third-order valence-corrected chi connectivity index (χ3v) is 8.69. The fourth-order valence-corrected chi connectivity index (χ4v) is 5.33. The van der Waals surface area contributed by atoms with E-state index in [1.807, 2.05) is 13.8 Å². The van der Waals surface area contributed by atoms with E-state index in [0.717, 1.165) is 38.6 Å². The third-order valence-electron chi connectivity index (χ3n) is 8.69. The first kappa shape index (κ1) is 23.2. The summed E-state index contributed by atoms with van der Waals surface area (Å²) in [6.07, 6.45) is 4.99. The fraction of sp³-hybridized carbons (Fsp3) is 0.875. The van der Waals surface area contributed by atoms with Crippen molar-refractivity contribution in [1.29, 1.82) is 0 Å². The predicted molar refractivity (Wildman–Crippen MR) is 118 cm³/mol. The number of likely N-dealkylation sites (tertiary alicyclic amines) is 2. The van der Waals surface area contributed by atoms with Gasteiger partial charge in [-0.05, 0) is 56.4 Å². The minimum Gasteiger partial charge on any atom is -0.331 e. The number of amides is 2. The normalized spacial score (nSPS) is 27.9. The lowest BCUT2D eigenvalue weighted by Crippen LogP contribution is -2.56. The van der Waals surface area contributed by atoms with Crippen LogP contribution in [0.4, 0.5) is 0 Å². The molecule has 3 fully saturated rings. The van der Waals surface area contributed by atoms with Gasteiger partial charge in [-0.2, -0.15) is 0 Å². The van der Waals surface area contributed by atoms with E-state index in [1.54, 1.807) is 9.80 Å². The molecule has 6 nitrogen and oxygen atoms in total. The van der Waals surface area contributed by atoms with Crippen LogP contribution in [0, 0.1) is 16.7 Å². The van der Waals surface area contributed by atoms with Gasteiger partial charge in [0.2, 0.25) is 11.8 Å². The first-order valence-corrected chi connectivity index (χ1v) is 11.9. The van der Waals surface area contributed by atoms with Gasteiger partial charge in [-0.3, -0.25) is 14.4 Å². The lowest BCUT2D eigenvalue weighted by atomic mass is 9.59. The monoisotopic (exact) mass is 419 g/mol. The number of hydrogen-bond donors (Lipinski definition) is 1. The van der Waals surface area contributed by atoms with Crippen LogP contribution in [0.5, 0.6) is 0 Å². The topological polar surface area (TPSA) is 69.7 Å². The van der Waals surface area contributed by atoms with Crippen molar-refractivity contribution in [1.82, 2.24) is 15.1 Å². The van der Waals surface area contributed by atoms with E-state index in [2.05, 4.69) is 33.0 Å². The van der Waals surface area contributed by atoms with Crippen molar-refractivity contribution >= 4 is 17.6 Å². The Balaban J connectivity index is 1.76. The molecule has 0 spiro atoms. The Morgan fingerprint density at radius 1 is 0.833 bits per heavy atom. The minimum atomic E-state index is -0.534. The van der Waals surface area contributed by atoms with Gasteiger partial charge in [0.25, 0.3) is 0 Å². The summed E-state index contributed by atoms with van der Waals surface area (Å²) in [7, 11) is 0. The molecule has 3 atom stereocenters. The molecule has 0 aromatic carbocycles. The molecule has 3 aliphatic heterocycles. The van der Waals surface area contributed by atoms with Crippen molar-refractivity contribution in [2.45, 2.75) is 98.2 Å². The molecule has 3 saturated heterocycles. The van der Waals surface area contributed by atoms with E-state index in [1.165, 1.54) is 0 Å². The average molecular weight is 420 g/mol. The Kier molecular flexibility index (Phi) is 6.66. The molecular formula is C24H41N3O3. The molecule has 3 heterocycles. The first-order chi connectivity index (χ1) is 14.0. The van der Waals surface area contributed by atoms with Gasteiger partial charge in [-0.25, -0.2) is 0 Å². The van der Waals surface area contributed by atoms with Crippen LogP contribution in [-0.4, -0.2) is 65.2 Å². The van der Waals surface area contributed by atoms with Gasteiger partial charge < -0.3 is 15.1 Å². The Morgan fingerprint density at radius 2 is 1.40 bits per heavy atom. The molecule has 1 N–H and O–H groups in total. The van der Waals surface area contributed by atoms with Crippen molar-refractivity contribution in [3.63, 3.8) is 0 Å². The van der Waals surface area contributed by atoms with Crippen molar-refractivity contribution < 1.29 is 14.4 Å². The quantitative estimate of drug-likeness (QED) is 0.719. The van der Waals surface area contributed by atoms with E-state index in [9.17, 15) is 14.4 Å². The smallest absolute Gasteiger partial charge is 0.245 e. The lowest BCUT2D eigenvalue weighted by molar-refractivity contribution is -0.150. The molecule has 0 bridgehead atoms. The van der Waals surface area contributed by atoms with Gasteiger partial charge in [0.15, 0.2) is 5.78 Å². The summed E-state index contributed by atoms with van der Waals surface area (Å²) in [4.78, 5) is 43.8. The summed E-state index contributed by atoms with van der Waals surface area (Å²) < 4.78 is 0. The van der Waals surface area contributed by atoms with Gasteiger partial charge >= 0.3 is 0 Å². The zero-order chi connectivity index (χ0) is 22.3. The summed E-state index contributed by atoms with van der Waals surface area (Å²) in [5.41, 5.74) is -0.710. The zero-order valence-corrected chi connectivity index (χ0v) is 19.8. The highest BCUT2D eigenvalue weighted by Crippen LogP contribution is 2.47. The van der Waals surface area contributed by atoms with Crippen LogP contribution >= 0.6 is 0 Å². The molecule has 30 heavy (non-hydrogen) atoms. The Labute approximate surface area is 182 Å². The maximum absolute atomic E-state index is 13.7. The highest BCUT2D eigenvalue weighted by molar-refractivity contribution is 5.96. The Bertz CT molecular complexity index is 679. The number of carbonyl (C=O) groups excluding carboxylic acids is 3. The summed E-state index contributed by atoms with van der Waals surface area (Å²) in [5, 5.41) is 3.27. The van der Waals surface area contributed by atoms with Gasteiger partial charge in [-0.1, -0.05) is 41.5 Å². The molecule has 0 aliphatic carbocycles. The number of nitrogens with zero attached hydrogens (tertiary/aromatic N) is 2. The molecular weight excluding hydrogens is 378 g/mol. The second-order valence-electron chi connectivity index (χ2n) is 10.9. The van der Waals surface area contributed by atoms with E-state index >= 15 is 0 Å². The molecule has 3 rings (SSSR count). The molecule has 3 unspecified atom stereocenters. The van der Waals surface area contributed by atoms with Crippen LogP contribution in [0.3, 0.4) is 0 Å². The average Bonchev–Trinajstić information content (AvgIpc) is 3.47. The van der Waals surface area contributed by atoms with Crippen LogP contribution < -0.4 is 5.32 Å². The molecule has 0 saturated carbocycles. The predicted octanol–water partition coefficient (Wildman–Crippen LogP) is 3.00. The molecule has 0 radical (unpaired) electrons. The van der Waals surface area contributed by atoms with E-state index in [0.29, 0.717) is 25.4 Å². The van der Waals surface area contributed by atoms with Crippen LogP contribution in [0.2, 0.25) is 0 Å². The van der Waals surface area contributed by atoms with Crippen molar-refractivity contribution in [2.24, 2.45) is 16.7 Å². The number of carbonyl (C=O) groups is 3. The summed E-state index contributed by atoms with van der Waals surface area (Å²) in [6, 6.07) is -0.928. The number of ketones is 1. The second-order valence-corrected chi connectivity index (χ2v) is 10.9. The Hall–Kier alpha value is -1.43. The van der Waals surface area contributed by atoms with Gasteiger partial charge in [0, 0.05) is 18.5 Å². The molecule has 6 heteroatoms. The maximum Gasteiger partial charge on any atom is 0.245 e. The standard InChI is InChI=1S/C24H41N3O3/c1-16(2)23(3,4)24(5,6)20(28)18-11-8-14-26(18)22(30)19-12-9-15-27(19)21(29)17-10-7-13-25-17/h16-19,25H,7-15H2,1-6H3. The van der Waals surface area contributed by atoms with E-state index in [-0.39, 0.29) is 35.1 Å². The van der Waals surface area contributed by atoms with Crippen LogP contribution in [-0.2, 0) is 14.4 Å². The zero-order valence-electron chi connectivity index (χ0n) is 19.8. The molecule has 3 aliphatic rings. The summed E-state index contributed by atoms with van der Waals surface area (Å²) >= 11 is 0. The van der Waals surface area contributed by atoms with Gasteiger partial charge in [0.05, 0.1) is 12.1 Å². The van der Waals surface area contributed by atoms with Gasteiger partial charge in [0.1, 0.15) is 6.04 Å². The van der Waals surface area contributed by atoms with Crippen molar-refractivity contribution in [3.8, 4) is 0 Å². The largest absolute Gasteiger partial charge is 0.331 e. The molecule has 0 aromatic rings. The highest BCUT2D eigenvalue weighted by atomic mass is 16.2. The maximum atomic E-state index is 13.7. The lowest BCUT2D eigenvalue weighted by Gasteiger charge is -2.46. The van der Waals surface area contributed by atoms with Crippen LogP contribution in [0.25, 0.3) is 0 Å². The van der Waals surface area contributed by atoms with Gasteiger partial charge in [-0.15, -0.1) is 0 Å². The summed E-state index contributed by atoms with van der Waals surface area (Å²) in [6.45, 7) is 14.8.